The van der Waals surface area contributed by atoms with E-state index >= 15 is 0 Å². The van der Waals surface area contributed by atoms with Gasteiger partial charge in [0.05, 0.1) is 5.92 Å². The first-order valence-corrected chi connectivity index (χ1v) is 6.84. The lowest BCUT2D eigenvalue weighted by molar-refractivity contribution is -0.125. The van der Waals surface area contributed by atoms with Crippen LogP contribution in [0.1, 0.15) is 19.8 Å². The number of nitrogens with zero attached hydrogens (tertiary/aromatic N) is 1. The molecule has 0 radical (unpaired) electrons. The number of nitrogens with one attached hydrogen (secondary N) is 2. The van der Waals surface area contributed by atoms with Crippen molar-refractivity contribution >= 4 is 5.91 Å². The zero-order valence-electron chi connectivity index (χ0n) is 11.0. The van der Waals surface area contributed by atoms with E-state index in [4.69, 9.17) is 0 Å². The highest BCUT2D eigenvalue weighted by molar-refractivity contribution is 5.79. The Bertz CT molecular complexity index is 269. The largest absolute Gasteiger partial charge is 0.355 e. The van der Waals surface area contributed by atoms with Crippen LogP contribution >= 0.6 is 0 Å². The highest BCUT2D eigenvalue weighted by Crippen LogP contribution is 2.17. The van der Waals surface area contributed by atoms with Crippen LogP contribution in [0.4, 0.5) is 0 Å². The first-order chi connectivity index (χ1) is 8.16. The van der Waals surface area contributed by atoms with Crippen molar-refractivity contribution in [2.24, 2.45) is 17.8 Å². The average Bonchev–Trinajstić information content (AvgIpc) is 2.72. The van der Waals surface area contributed by atoms with Gasteiger partial charge in [-0.2, -0.15) is 0 Å². The van der Waals surface area contributed by atoms with Crippen LogP contribution in [-0.2, 0) is 4.79 Å². The van der Waals surface area contributed by atoms with Gasteiger partial charge in [-0.3, -0.25) is 4.79 Å². The number of likely N-dealkylation sites (tertiary alicyclic amines) is 1. The van der Waals surface area contributed by atoms with Crippen LogP contribution in [0.2, 0.25) is 0 Å². The summed E-state index contributed by atoms with van der Waals surface area (Å²) in [5.74, 6) is 1.54. The highest BCUT2D eigenvalue weighted by Gasteiger charge is 2.29. The summed E-state index contributed by atoms with van der Waals surface area (Å²) < 4.78 is 0. The van der Waals surface area contributed by atoms with E-state index in [1.54, 1.807) is 0 Å². The minimum absolute atomic E-state index is 0.177. The predicted octanol–water partition coefficient (Wildman–Crippen LogP) is 0.300. The molecule has 3 unspecified atom stereocenters. The highest BCUT2D eigenvalue weighted by atomic mass is 16.1. The first kappa shape index (κ1) is 12.8. The molecule has 2 N–H and O–H groups in total. The molecule has 4 heteroatoms. The van der Waals surface area contributed by atoms with E-state index in [2.05, 4.69) is 29.5 Å². The average molecular weight is 239 g/mol. The van der Waals surface area contributed by atoms with Gasteiger partial charge in [0, 0.05) is 19.6 Å². The van der Waals surface area contributed by atoms with E-state index < -0.39 is 0 Å². The Morgan fingerprint density at radius 1 is 1.47 bits per heavy atom. The van der Waals surface area contributed by atoms with Crippen molar-refractivity contribution in [2.45, 2.75) is 19.8 Å². The van der Waals surface area contributed by atoms with Gasteiger partial charge in [0.25, 0.3) is 0 Å². The molecule has 0 bridgehead atoms. The summed E-state index contributed by atoms with van der Waals surface area (Å²) >= 11 is 0. The van der Waals surface area contributed by atoms with Gasteiger partial charge >= 0.3 is 0 Å². The maximum atomic E-state index is 12.0. The molecule has 2 fully saturated rings. The minimum atomic E-state index is 0.177. The van der Waals surface area contributed by atoms with Gasteiger partial charge in [-0.05, 0) is 44.8 Å². The van der Waals surface area contributed by atoms with Gasteiger partial charge < -0.3 is 15.5 Å². The van der Waals surface area contributed by atoms with Gasteiger partial charge in [-0.25, -0.2) is 0 Å². The van der Waals surface area contributed by atoms with Gasteiger partial charge in [0.1, 0.15) is 0 Å². The van der Waals surface area contributed by atoms with Crippen molar-refractivity contribution in [3.05, 3.63) is 0 Å². The molecule has 2 saturated heterocycles. The topological polar surface area (TPSA) is 44.4 Å². The molecule has 0 spiro atoms. The summed E-state index contributed by atoms with van der Waals surface area (Å²) in [4.78, 5) is 14.4. The Balaban J connectivity index is 1.72. The van der Waals surface area contributed by atoms with Crippen LogP contribution in [-0.4, -0.2) is 50.6 Å². The molecular weight excluding hydrogens is 214 g/mol. The molecule has 1 amide bonds. The summed E-state index contributed by atoms with van der Waals surface area (Å²) in [6.45, 7) is 7.15. The summed E-state index contributed by atoms with van der Waals surface area (Å²) in [6.07, 6.45) is 2.52. The lowest BCUT2D eigenvalue weighted by Crippen LogP contribution is -2.42. The van der Waals surface area contributed by atoms with Crippen molar-refractivity contribution in [1.82, 2.24) is 15.5 Å². The Hall–Kier alpha value is -0.610. The molecule has 17 heavy (non-hydrogen) atoms. The third kappa shape index (κ3) is 3.42. The SMILES string of the molecule is CC1CNCC1C(=O)NCC1CCCN(C)C1. The third-order valence-corrected chi connectivity index (χ3v) is 4.14. The second-order valence-corrected chi connectivity index (χ2v) is 5.76. The molecule has 2 aliphatic heterocycles. The quantitative estimate of drug-likeness (QED) is 0.744. The second-order valence-electron chi connectivity index (χ2n) is 5.76. The summed E-state index contributed by atoms with van der Waals surface area (Å²) in [5, 5.41) is 6.42. The lowest BCUT2D eigenvalue weighted by Gasteiger charge is -2.30. The lowest BCUT2D eigenvalue weighted by atomic mass is 9.95. The summed E-state index contributed by atoms with van der Waals surface area (Å²) in [7, 11) is 2.16. The van der Waals surface area contributed by atoms with E-state index in [1.807, 2.05) is 0 Å². The van der Waals surface area contributed by atoms with Crippen LogP contribution < -0.4 is 10.6 Å². The summed E-state index contributed by atoms with van der Waals surface area (Å²) in [5.41, 5.74) is 0. The molecule has 4 nitrogen and oxygen atoms in total. The van der Waals surface area contributed by atoms with Crippen molar-refractivity contribution in [1.29, 1.82) is 0 Å². The van der Waals surface area contributed by atoms with E-state index in [1.165, 1.54) is 19.4 Å². The molecule has 0 aromatic carbocycles. The molecule has 2 rings (SSSR count). The van der Waals surface area contributed by atoms with Crippen molar-refractivity contribution in [3.8, 4) is 0 Å². The van der Waals surface area contributed by atoms with E-state index in [9.17, 15) is 4.79 Å². The summed E-state index contributed by atoms with van der Waals surface area (Å²) in [6, 6.07) is 0. The molecule has 0 aliphatic carbocycles. The Labute approximate surface area is 104 Å². The van der Waals surface area contributed by atoms with E-state index in [0.717, 1.165) is 26.2 Å². The second kappa shape index (κ2) is 5.83. The number of amides is 1. The Morgan fingerprint density at radius 2 is 2.29 bits per heavy atom. The van der Waals surface area contributed by atoms with Gasteiger partial charge in [0.15, 0.2) is 0 Å². The molecule has 0 aromatic heterocycles. The van der Waals surface area contributed by atoms with Crippen molar-refractivity contribution in [3.63, 3.8) is 0 Å². The van der Waals surface area contributed by atoms with Crippen LogP contribution in [0.3, 0.4) is 0 Å². The first-order valence-electron chi connectivity index (χ1n) is 6.84. The fourth-order valence-electron chi connectivity index (χ4n) is 2.98. The Kier molecular flexibility index (Phi) is 4.40. The predicted molar refractivity (Wildman–Crippen MR) is 68.8 cm³/mol. The molecule has 98 valence electrons. The zero-order chi connectivity index (χ0) is 12.3. The molecular formula is C13H25N3O. The number of carbonyl (C=O) groups excluding carboxylic acids is 1. The Morgan fingerprint density at radius 3 is 2.94 bits per heavy atom. The molecule has 2 aliphatic rings. The molecule has 0 saturated carbocycles. The van der Waals surface area contributed by atoms with Crippen LogP contribution in [0, 0.1) is 17.8 Å². The third-order valence-electron chi connectivity index (χ3n) is 4.14. The van der Waals surface area contributed by atoms with Crippen LogP contribution in [0.15, 0.2) is 0 Å². The number of hydrogen-bond acceptors (Lipinski definition) is 3. The maximum absolute atomic E-state index is 12.0. The molecule has 0 aromatic rings. The maximum Gasteiger partial charge on any atom is 0.224 e. The minimum Gasteiger partial charge on any atom is -0.355 e. The van der Waals surface area contributed by atoms with Gasteiger partial charge in [-0.1, -0.05) is 6.92 Å². The van der Waals surface area contributed by atoms with Gasteiger partial charge in [-0.15, -0.1) is 0 Å². The standard InChI is InChI=1S/C13H25N3O/c1-10-6-14-8-12(10)13(17)15-7-11-4-3-5-16(2)9-11/h10-12,14H,3-9H2,1-2H3,(H,15,17). The van der Waals surface area contributed by atoms with Gasteiger partial charge in [0.2, 0.25) is 5.91 Å². The molecule has 2 heterocycles. The van der Waals surface area contributed by atoms with Crippen molar-refractivity contribution in [2.75, 3.05) is 39.8 Å². The molecule has 3 atom stereocenters. The van der Waals surface area contributed by atoms with Crippen LogP contribution in [0.25, 0.3) is 0 Å². The number of hydrogen-bond donors (Lipinski definition) is 2. The van der Waals surface area contributed by atoms with E-state index in [-0.39, 0.29) is 11.8 Å². The fourth-order valence-corrected chi connectivity index (χ4v) is 2.98. The fraction of sp³-hybridized carbons (Fsp3) is 0.923. The number of rotatable bonds is 3. The normalized spacial score (nSPS) is 34.8. The van der Waals surface area contributed by atoms with E-state index in [0.29, 0.717) is 11.8 Å². The number of carbonyl (C=O) groups is 1. The monoisotopic (exact) mass is 239 g/mol. The smallest absolute Gasteiger partial charge is 0.224 e. The van der Waals surface area contributed by atoms with Crippen molar-refractivity contribution < 1.29 is 4.79 Å². The number of piperidine rings is 1. The zero-order valence-corrected chi connectivity index (χ0v) is 11.0. The van der Waals surface area contributed by atoms with Crippen LogP contribution in [0.5, 0.6) is 0 Å².